The third kappa shape index (κ3) is 2.58. The SMILES string of the molecule is CCC(C)C(C)CC1=CCOC1=O. The van der Waals surface area contributed by atoms with Gasteiger partial charge in [0.2, 0.25) is 0 Å². The average Bonchev–Trinajstić information content (AvgIpc) is 2.50. The number of carbonyl (C=O) groups excluding carboxylic acids is 1. The highest BCUT2D eigenvalue weighted by Gasteiger charge is 2.20. The number of cyclic esters (lactones) is 1. The van der Waals surface area contributed by atoms with Crippen molar-refractivity contribution in [2.75, 3.05) is 6.61 Å². The Morgan fingerprint density at radius 3 is 2.62 bits per heavy atom. The highest BCUT2D eigenvalue weighted by Crippen LogP contribution is 2.24. The number of hydrogen-bond donors (Lipinski definition) is 0. The Morgan fingerprint density at radius 1 is 1.46 bits per heavy atom. The van der Waals surface area contributed by atoms with E-state index in [1.54, 1.807) is 0 Å². The zero-order valence-electron chi connectivity index (χ0n) is 8.67. The highest BCUT2D eigenvalue weighted by atomic mass is 16.5. The first-order chi connectivity index (χ1) is 6.15. The van der Waals surface area contributed by atoms with Crippen LogP contribution in [0, 0.1) is 11.8 Å². The van der Waals surface area contributed by atoms with Gasteiger partial charge >= 0.3 is 5.97 Å². The highest BCUT2D eigenvalue weighted by molar-refractivity contribution is 5.90. The summed E-state index contributed by atoms with van der Waals surface area (Å²) in [6.07, 6.45) is 3.94. The van der Waals surface area contributed by atoms with E-state index in [-0.39, 0.29) is 5.97 Å². The minimum atomic E-state index is -0.116. The number of hydrogen-bond acceptors (Lipinski definition) is 2. The molecule has 2 nitrogen and oxygen atoms in total. The fraction of sp³-hybridized carbons (Fsp3) is 0.727. The molecule has 0 fully saturated rings. The van der Waals surface area contributed by atoms with Crippen molar-refractivity contribution in [1.82, 2.24) is 0 Å². The van der Waals surface area contributed by atoms with Gasteiger partial charge in [0.25, 0.3) is 0 Å². The molecule has 0 aromatic carbocycles. The molecule has 0 spiro atoms. The van der Waals surface area contributed by atoms with Gasteiger partial charge < -0.3 is 4.74 Å². The fourth-order valence-electron chi connectivity index (χ4n) is 1.51. The van der Waals surface area contributed by atoms with Gasteiger partial charge in [0, 0.05) is 5.57 Å². The Morgan fingerprint density at radius 2 is 2.15 bits per heavy atom. The average molecular weight is 182 g/mol. The smallest absolute Gasteiger partial charge is 0.334 e. The Hall–Kier alpha value is -0.790. The van der Waals surface area contributed by atoms with Crippen molar-refractivity contribution in [1.29, 1.82) is 0 Å². The van der Waals surface area contributed by atoms with E-state index >= 15 is 0 Å². The molecule has 0 saturated carbocycles. The molecule has 2 heteroatoms. The summed E-state index contributed by atoms with van der Waals surface area (Å²) in [5.41, 5.74) is 0.868. The molecule has 1 aliphatic heterocycles. The van der Waals surface area contributed by atoms with Gasteiger partial charge in [-0.1, -0.05) is 27.2 Å². The molecule has 1 aliphatic rings. The fourth-order valence-corrected chi connectivity index (χ4v) is 1.51. The molecule has 0 saturated heterocycles. The molecule has 0 N–H and O–H groups in total. The minimum absolute atomic E-state index is 0.116. The summed E-state index contributed by atoms with van der Waals surface area (Å²) >= 11 is 0. The Labute approximate surface area is 80.0 Å². The standard InChI is InChI=1S/C11H18O2/c1-4-8(2)9(3)7-10-5-6-13-11(10)12/h5,8-9H,4,6-7H2,1-3H3. The lowest BCUT2D eigenvalue weighted by atomic mass is 9.88. The largest absolute Gasteiger partial charge is 0.458 e. The van der Waals surface area contributed by atoms with Crippen LogP contribution in [0.15, 0.2) is 11.6 Å². The molecule has 2 unspecified atom stereocenters. The van der Waals surface area contributed by atoms with Crippen LogP contribution in [-0.4, -0.2) is 12.6 Å². The van der Waals surface area contributed by atoms with E-state index in [9.17, 15) is 4.79 Å². The summed E-state index contributed by atoms with van der Waals surface area (Å²) in [7, 11) is 0. The predicted molar refractivity (Wildman–Crippen MR) is 52.3 cm³/mol. The summed E-state index contributed by atoms with van der Waals surface area (Å²) in [6, 6.07) is 0. The van der Waals surface area contributed by atoms with Crippen molar-refractivity contribution in [3.63, 3.8) is 0 Å². The molecule has 0 amide bonds. The molecular formula is C11H18O2. The van der Waals surface area contributed by atoms with Crippen molar-refractivity contribution in [3.05, 3.63) is 11.6 Å². The Balaban J connectivity index is 2.44. The van der Waals surface area contributed by atoms with Crippen LogP contribution < -0.4 is 0 Å². The molecule has 0 aromatic heterocycles. The lowest BCUT2D eigenvalue weighted by molar-refractivity contribution is -0.136. The molecule has 13 heavy (non-hydrogen) atoms. The number of carbonyl (C=O) groups is 1. The van der Waals surface area contributed by atoms with Gasteiger partial charge in [-0.05, 0) is 24.3 Å². The van der Waals surface area contributed by atoms with Gasteiger partial charge in [-0.3, -0.25) is 0 Å². The van der Waals surface area contributed by atoms with E-state index in [4.69, 9.17) is 4.74 Å². The molecule has 1 heterocycles. The normalized spacial score (nSPS) is 20.8. The van der Waals surface area contributed by atoms with Crippen LogP contribution in [0.2, 0.25) is 0 Å². The van der Waals surface area contributed by atoms with E-state index in [1.807, 2.05) is 6.08 Å². The molecule has 1 rings (SSSR count). The van der Waals surface area contributed by atoms with Crippen LogP contribution in [0.1, 0.15) is 33.6 Å². The minimum Gasteiger partial charge on any atom is -0.458 e. The van der Waals surface area contributed by atoms with Gasteiger partial charge in [0.15, 0.2) is 0 Å². The van der Waals surface area contributed by atoms with Crippen molar-refractivity contribution >= 4 is 5.97 Å². The second-order valence-corrected chi connectivity index (χ2v) is 3.89. The number of esters is 1. The zero-order valence-corrected chi connectivity index (χ0v) is 8.67. The van der Waals surface area contributed by atoms with Crippen LogP contribution >= 0.6 is 0 Å². The van der Waals surface area contributed by atoms with E-state index in [1.165, 1.54) is 6.42 Å². The Kier molecular flexibility index (Phi) is 3.52. The first kappa shape index (κ1) is 10.3. The monoisotopic (exact) mass is 182 g/mol. The van der Waals surface area contributed by atoms with Crippen LogP contribution in [0.4, 0.5) is 0 Å². The van der Waals surface area contributed by atoms with Crippen LogP contribution in [0.3, 0.4) is 0 Å². The van der Waals surface area contributed by atoms with Crippen molar-refractivity contribution in [2.45, 2.75) is 33.6 Å². The summed E-state index contributed by atoms with van der Waals surface area (Å²) in [5, 5.41) is 0. The van der Waals surface area contributed by atoms with Gasteiger partial charge in [0.05, 0.1) is 0 Å². The predicted octanol–water partition coefficient (Wildman–Crippen LogP) is 2.54. The van der Waals surface area contributed by atoms with Crippen LogP contribution in [0.5, 0.6) is 0 Å². The van der Waals surface area contributed by atoms with Crippen molar-refractivity contribution < 1.29 is 9.53 Å². The maximum absolute atomic E-state index is 11.1. The molecule has 0 aromatic rings. The molecular weight excluding hydrogens is 164 g/mol. The van der Waals surface area contributed by atoms with Crippen LogP contribution in [-0.2, 0) is 9.53 Å². The van der Waals surface area contributed by atoms with E-state index in [0.717, 1.165) is 12.0 Å². The summed E-state index contributed by atoms with van der Waals surface area (Å²) in [4.78, 5) is 11.1. The molecule has 2 atom stereocenters. The topological polar surface area (TPSA) is 26.3 Å². The summed E-state index contributed by atoms with van der Waals surface area (Å²) < 4.78 is 4.85. The van der Waals surface area contributed by atoms with Gasteiger partial charge in [-0.15, -0.1) is 0 Å². The van der Waals surface area contributed by atoms with E-state index < -0.39 is 0 Å². The molecule has 0 aliphatic carbocycles. The Bertz CT molecular complexity index is 218. The third-order valence-electron chi connectivity index (χ3n) is 2.96. The van der Waals surface area contributed by atoms with Gasteiger partial charge in [-0.2, -0.15) is 0 Å². The maximum atomic E-state index is 11.1. The third-order valence-corrected chi connectivity index (χ3v) is 2.96. The lowest BCUT2D eigenvalue weighted by Gasteiger charge is -2.17. The summed E-state index contributed by atoms with van der Waals surface area (Å²) in [5.74, 6) is 1.13. The molecule has 74 valence electrons. The van der Waals surface area contributed by atoms with E-state index in [0.29, 0.717) is 18.4 Å². The van der Waals surface area contributed by atoms with E-state index in [2.05, 4.69) is 20.8 Å². The second-order valence-electron chi connectivity index (χ2n) is 3.89. The maximum Gasteiger partial charge on any atom is 0.334 e. The molecule has 0 bridgehead atoms. The molecule has 0 radical (unpaired) electrons. The first-order valence-electron chi connectivity index (χ1n) is 5.01. The van der Waals surface area contributed by atoms with Crippen molar-refractivity contribution in [3.8, 4) is 0 Å². The second kappa shape index (κ2) is 4.45. The number of ether oxygens (including phenoxy) is 1. The quantitative estimate of drug-likeness (QED) is 0.624. The van der Waals surface area contributed by atoms with Crippen molar-refractivity contribution in [2.24, 2.45) is 11.8 Å². The first-order valence-corrected chi connectivity index (χ1v) is 5.01. The zero-order chi connectivity index (χ0) is 9.84. The van der Waals surface area contributed by atoms with Gasteiger partial charge in [-0.25, -0.2) is 4.79 Å². The number of rotatable bonds is 4. The lowest BCUT2D eigenvalue weighted by Crippen LogP contribution is -2.10. The van der Waals surface area contributed by atoms with Gasteiger partial charge in [0.1, 0.15) is 6.61 Å². The van der Waals surface area contributed by atoms with Crippen LogP contribution in [0.25, 0.3) is 0 Å². The summed E-state index contributed by atoms with van der Waals surface area (Å²) in [6.45, 7) is 7.08.